The molecule has 0 aliphatic carbocycles. The molecule has 2 aliphatic heterocycles. The molecule has 7 heteroatoms. The summed E-state index contributed by atoms with van der Waals surface area (Å²) in [7, 11) is 1.44. The fourth-order valence-electron chi connectivity index (χ4n) is 3.82. The van der Waals surface area contributed by atoms with Crippen molar-refractivity contribution in [2.75, 3.05) is 46.4 Å². The van der Waals surface area contributed by atoms with E-state index in [0.717, 1.165) is 82.4 Å². The number of methoxy groups -OCH3 is 1. The number of quaternary nitrogens is 1. The van der Waals surface area contributed by atoms with Crippen molar-refractivity contribution in [3.05, 3.63) is 29.3 Å². The third-order valence-corrected chi connectivity index (χ3v) is 5.93. The molecule has 1 saturated heterocycles. The van der Waals surface area contributed by atoms with Gasteiger partial charge in [-0.2, -0.15) is 0 Å². The first kappa shape index (κ1) is 20.9. The van der Waals surface area contributed by atoms with Crippen molar-refractivity contribution in [2.45, 2.75) is 38.6 Å². The molecule has 2 aliphatic rings. The number of unbranched alkanes of at least 4 members (excludes halogenated alkanes) is 2. The fourth-order valence-corrected chi connectivity index (χ4v) is 4.11. The van der Waals surface area contributed by atoms with E-state index < -0.39 is 0 Å². The standard InChI is InChI=1S/C21H31N3O3S/c1-26-20(25)5-3-2-4-9-22-21(28)24-12-10-23(11-13-24)16-17-6-7-19-18(15-17)8-14-27-19/h6-7,15H,2-5,8-14,16H2,1H3,(H,22,28)/p+1. The number of benzene rings is 1. The number of hydrogen-bond donors (Lipinski definition) is 2. The summed E-state index contributed by atoms with van der Waals surface area (Å²) in [4.78, 5) is 15.0. The Bertz CT molecular complexity index is 675. The molecular formula is C21H32N3O3S+. The second kappa shape index (κ2) is 10.6. The van der Waals surface area contributed by atoms with Crippen LogP contribution >= 0.6 is 12.2 Å². The van der Waals surface area contributed by atoms with Crippen LogP contribution < -0.4 is 15.0 Å². The number of piperazine rings is 1. The summed E-state index contributed by atoms with van der Waals surface area (Å²) in [6.07, 6.45) is 4.44. The van der Waals surface area contributed by atoms with Crippen LogP contribution in [-0.4, -0.2) is 62.4 Å². The predicted octanol–water partition coefficient (Wildman–Crippen LogP) is 0.930. The highest BCUT2D eigenvalue weighted by Gasteiger charge is 2.22. The van der Waals surface area contributed by atoms with Gasteiger partial charge in [-0.3, -0.25) is 4.79 Å². The zero-order valence-electron chi connectivity index (χ0n) is 16.8. The molecule has 1 fully saturated rings. The van der Waals surface area contributed by atoms with E-state index in [1.54, 1.807) is 4.90 Å². The summed E-state index contributed by atoms with van der Waals surface area (Å²) in [5, 5.41) is 4.23. The molecule has 0 aromatic heterocycles. The molecule has 0 bridgehead atoms. The SMILES string of the molecule is COC(=O)CCCCCNC(=S)N1CC[NH+](Cc2ccc3c(c2)CCO3)CC1. The molecule has 0 spiro atoms. The number of rotatable bonds is 8. The number of fused-ring (bicyclic) bond motifs is 1. The quantitative estimate of drug-likeness (QED) is 0.381. The van der Waals surface area contributed by atoms with Crippen LogP contribution in [0, 0.1) is 0 Å². The topological polar surface area (TPSA) is 55.2 Å². The Labute approximate surface area is 173 Å². The lowest BCUT2D eigenvalue weighted by Gasteiger charge is -2.34. The van der Waals surface area contributed by atoms with Crippen LogP contribution in [-0.2, 0) is 22.5 Å². The predicted molar refractivity (Wildman–Crippen MR) is 113 cm³/mol. The molecule has 1 aromatic carbocycles. The Kier molecular flexibility index (Phi) is 7.91. The molecular weight excluding hydrogens is 374 g/mol. The molecule has 1 aromatic rings. The van der Waals surface area contributed by atoms with Gasteiger partial charge in [0.05, 0.1) is 39.9 Å². The number of thiocarbonyl (C=S) groups is 1. The molecule has 0 unspecified atom stereocenters. The van der Waals surface area contributed by atoms with Crippen molar-refractivity contribution in [3.63, 3.8) is 0 Å². The normalized spacial score (nSPS) is 16.4. The summed E-state index contributed by atoms with van der Waals surface area (Å²) in [5.41, 5.74) is 2.76. The number of nitrogens with one attached hydrogen (secondary N) is 2. The van der Waals surface area contributed by atoms with Gasteiger partial charge < -0.3 is 24.6 Å². The fraction of sp³-hybridized carbons (Fsp3) is 0.619. The van der Waals surface area contributed by atoms with Gasteiger partial charge in [-0.25, -0.2) is 0 Å². The van der Waals surface area contributed by atoms with Crippen LogP contribution in [0.15, 0.2) is 18.2 Å². The third-order valence-electron chi connectivity index (χ3n) is 5.53. The molecule has 0 radical (unpaired) electrons. The van der Waals surface area contributed by atoms with E-state index in [4.69, 9.17) is 17.0 Å². The Hall–Kier alpha value is -1.86. The van der Waals surface area contributed by atoms with E-state index in [9.17, 15) is 4.79 Å². The Morgan fingerprint density at radius 3 is 2.89 bits per heavy atom. The van der Waals surface area contributed by atoms with Gasteiger partial charge in [0.15, 0.2) is 5.11 Å². The zero-order valence-corrected chi connectivity index (χ0v) is 17.6. The number of nitrogens with zero attached hydrogens (tertiary/aromatic N) is 1. The maximum absolute atomic E-state index is 11.1. The van der Waals surface area contributed by atoms with Gasteiger partial charge >= 0.3 is 5.97 Å². The van der Waals surface area contributed by atoms with Crippen molar-refractivity contribution in [3.8, 4) is 5.75 Å². The summed E-state index contributed by atoms with van der Waals surface area (Å²) < 4.78 is 10.2. The van der Waals surface area contributed by atoms with Crippen molar-refractivity contribution in [2.24, 2.45) is 0 Å². The molecule has 6 nitrogen and oxygen atoms in total. The van der Waals surface area contributed by atoms with E-state index in [1.165, 1.54) is 18.2 Å². The first-order chi connectivity index (χ1) is 13.7. The largest absolute Gasteiger partial charge is 0.493 e. The Balaban J connectivity index is 1.30. The second-order valence-corrected chi connectivity index (χ2v) is 7.96. The van der Waals surface area contributed by atoms with E-state index in [2.05, 4.69) is 33.2 Å². The van der Waals surface area contributed by atoms with Crippen LogP contribution in [0.4, 0.5) is 0 Å². The van der Waals surface area contributed by atoms with Gasteiger partial charge in [-0.1, -0.05) is 6.42 Å². The van der Waals surface area contributed by atoms with Crippen molar-refractivity contribution >= 4 is 23.3 Å². The smallest absolute Gasteiger partial charge is 0.305 e. The van der Waals surface area contributed by atoms with Crippen LogP contribution in [0.2, 0.25) is 0 Å². The summed E-state index contributed by atoms with van der Waals surface area (Å²) in [6, 6.07) is 6.64. The molecule has 2 N–H and O–H groups in total. The first-order valence-electron chi connectivity index (χ1n) is 10.3. The molecule has 0 saturated carbocycles. The molecule has 154 valence electrons. The van der Waals surface area contributed by atoms with Crippen LogP contribution in [0.5, 0.6) is 5.75 Å². The Morgan fingerprint density at radius 2 is 2.11 bits per heavy atom. The van der Waals surface area contributed by atoms with Gasteiger partial charge in [-0.15, -0.1) is 0 Å². The highest BCUT2D eigenvalue weighted by atomic mass is 32.1. The molecule has 0 amide bonds. The monoisotopic (exact) mass is 406 g/mol. The first-order valence-corrected chi connectivity index (χ1v) is 10.7. The average Bonchev–Trinajstić information content (AvgIpc) is 3.18. The lowest BCUT2D eigenvalue weighted by Crippen LogP contribution is -3.13. The Morgan fingerprint density at radius 1 is 1.29 bits per heavy atom. The van der Waals surface area contributed by atoms with E-state index in [-0.39, 0.29) is 5.97 Å². The maximum Gasteiger partial charge on any atom is 0.305 e. The van der Waals surface area contributed by atoms with E-state index in [0.29, 0.717) is 6.42 Å². The van der Waals surface area contributed by atoms with Crippen LogP contribution in [0.3, 0.4) is 0 Å². The number of hydrogen-bond acceptors (Lipinski definition) is 4. The number of carbonyl (C=O) groups excluding carboxylic acids is 1. The lowest BCUT2D eigenvalue weighted by molar-refractivity contribution is -0.917. The van der Waals surface area contributed by atoms with Gasteiger partial charge in [0.1, 0.15) is 12.3 Å². The van der Waals surface area contributed by atoms with E-state index >= 15 is 0 Å². The van der Waals surface area contributed by atoms with Crippen LogP contribution in [0.1, 0.15) is 36.8 Å². The highest BCUT2D eigenvalue weighted by Crippen LogP contribution is 2.25. The number of ether oxygens (including phenoxy) is 2. The second-order valence-electron chi connectivity index (χ2n) is 7.57. The average molecular weight is 407 g/mol. The van der Waals surface area contributed by atoms with Crippen molar-refractivity contribution in [1.29, 1.82) is 0 Å². The highest BCUT2D eigenvalue weighted by molar-refractivity contribution is 7.80. The molecule has 0 atom stereocenters. The van der Waals surface area contributed by atoms with Crippen LogP contribution in [0.25, 0.3) is 0 Å². The summed E-state index contributed by atoms with van der Waals surface area (Å²) in [6.45, 7) is 6.96. The zero-order chi connectivity index (χ0) is 19.8. The summed E-state index contributed by atoms with van der Waals surface area (Å²) in [5.74, 6) is 0.933. The minimum atomic E-state index is -0.128. The molecule has 28 heavy (non-hydrogen) atoms. The van der Waals surface area contributed by atoms with Gasteiger partial charge in [0.2, 0.25) is 0 Å². The van der Waals surface area contributed by atoms with Crippen molar-refractivity contribution < 1.29 is 19.2 Å². The lowest BCUT2D eigenvalue weighted by atomic mass is 10.1. The third kappa shape index (κ3) is 6.07. The van der Waals surface area contributed by atoms with E-state index in [1.807, 2.05) is 0 Å². The van der Waals surface area contributed by atoms with Gasteiger partial charge in [0, 0.05) is 24.9 Å². The number of esters is 1. The minimum Gasteiger partial charge on any atom is -0.493 e. The molecule has 2 heterocycles. The minimum absolute atomic E-state index is 0.128. The van der Waals surface area contributed by atoms with Gasteiger partial charge in [0.25, 0.3) is 0 Å². The maximum atomic E-state index is 11.1. The van der Waals surface area contributed by atoms with Gasteiger partial charge in [-0.05, 0) is 48.8 Å². The van der Waals surface area contributed by atoms with Crippen molar-refractivity contribution in [1.82, 2.24) is 10.2 Å². The molecule has 3 rings (SSSR count). The summed E-state index contributed by atoms with van der Waals surface area (Å²) >= 11 is 5.55. The number of carbonyl (C=O) groups is 1.